The topological polar surface area (TPSA) is 139 Å². The number of likely N-dealkylation sites (N-methyl/N-ethyl adjacent to an activating group) is 1. The van der Waals surface area contributed by atoms with Gasteiger partial charge in [0.05, 0.1) is 32.8 Å². The average Bonchev–Trinajstić information content (AvgIpc) is 3.62. The van der Waals surface area contributed by atoms with Gasteiger partial charge in [-0.15, -0.1) is 11.3 Å². The van der Waals surface area contributed by atoms with Gasteiger partial charge in [-0.25, -0.2) is 13.8 Å². The molecule has 1 unspecified atom stereocenters. The molecule has 254 valence electrons. The lowest BCUT2D eigenvalue weighted by Crippen LogP contribution is -2.40. The van der Waals surface area contributed by atoms with Gasteiger partial charge < -0.3 is 25.8 Å². The monoisotopic (exact) mass is 704 g/mol. The van der Waals surface area contributed by atoms with Crippen LogP contribution in [0.2, 0.25) is 5.02 Å². The van der Waals surface area contributed by atoms with E-state index in [2.05, 4.69) is 23.0 Å². The summed E-state index contributed by atoms with van der Waals surface area (Å²) in [5.41, 5.74) is 13.3. The van der Waals surface area contributed by atoms with Crippen LogP contribution in [-0.4, -0.2) is 58.2 Å². The molecule has 1 fully saturated rings. The van der Waals surface area contributed by atoms with Crippen LogP contribution in [0.4, 0.5) is 25.4 Å². The molecule has 5 heterocycles. The Morgan fingerprint density at radius 1 is 1.22 bits per heavy atom. The fourth-order valence-corrected chi connectivity index (χ4v) is 8.60. The summed E-state index contributed by atoms with van der Waals surface area (Å²) in [7, 11) is 2.07. The van der Waals surface area contributed by atoms with Crippen molar-refractivity contribution >= 4 is 60.6 Å². The molecule has 4 N–H and O–H groups in total. The van der Waals surface area contributed by atoms with Crippen molar-refractivity contribution in [2.24, 2.45) is 0 Å². The largest absolute Gasteiger partial charge is 0.489 e. The minimum Gasteiger partial charge on any atom is -0.489 e. The number of aromatic nitrogens is 3. The lowest BCUT2D eigenvalue weighted by Gasteiger charge is -2.35. The molecular formula is C35H35ClF2N8O2S. The molecule has 7 rings (SSSR count). The quantitative estimate of drug-likeness (QED) is 0.175. The second-order valence-corrected chi connectivity index (χ2v) is 14.0. The number of halogens is 3. The van der Waals surface area contributed by atoms with Crippen LogP contribution < -0.4 is 25.8 Å². The first kappa shape index (κ1) is 33.0. The van der Waals surface area contributed by atoms with E-state index in [1.54, 1.807) is 6.20 Å². The van der Waals surface area contributed by atoms with Gasteiger partial charge in [-0.3, -0.25) is 4.90 Å². The zero-order valence-electron chi connectivity index (χ0n) is 27.4. The van der Waals surface area contributed by atoms with Crippen molar-refractivity contribution in [2.45, 2.75) is 64.3 Å². The zero-order valence-corrected chi connectivity index (χ0v) is 29.0. The maximum absolute atomic E-state index is 17.4. The number of nitrogens with zero attached hydrogens (tertiary/aromatic N) is 6. The third-order valence-corrected chi connectivity index (χ3v) is 11.1. The van der Waals surface area contributed by atoms with E-state index in [0.29, 0.717) is 18.1 Å². The number of thiophene rings is 1. The molecule has 5 aromatic rings. The van der Waals surface area contributed by atoms with Crippen molar-refractivity contribution in [3.63, 3.8) is 0 Å². The smallest absolute Gasteiger partial charge is 0.319 e. The van der Waals surface area contributed by atoms with E-state index in [1.165, 1.54) is 12.1 Å². The average molecular weight is 705 g/mol. The number of fused-ring (bicyclic) bond motifs is 1. The molecule has 14 heteroatoms. The Morgan fingerprint density at radius 2 is 2.02 bits per heavy atom. The minimum atomic E-state index is -0.795. The second-order valence-electron chi connectivity index (χ2n) is 12.6. The third-order valence-electron chi connectivity index (χ3n) is 9.73. The van der Waals surface area contributed by atoms with Crippen molar-refractivity contribution in [1.82, 2.24) is 19.9 Å². The molecule has 4 atom stereocenters. The molecule has 10 nitrogen and oxygen atoms in total. The van der Waals surface area contributed by atoms with Crippen molar-refractivity contribution in [3.05, 3.63) is 58.2 Å². The summed E-state index contributed by atoms with van der Waals surface area (Å²) in [6.45, 7) is 7.07. The normalized spacial score (nSPS) is 19.1. The highest BCUT2D eigenvalue weighted by molar-refractivity contribution is 7.23. The number of nitrogens with two attached hydrogens (primary N) is 2. The number of hydrogen-bond acceptors (Lipinski definition) is 11. The van der Waals surface area contributed by atoms with E-state index < -0.39 is 11.6 Å². The summed E-state index contributed by atoms with van der Waals surface area (Å²) in [5, 5.41) is 10.5. The molecule has 0 radical (unpaired) electrons. The summed E-state index contributed by atoms with van der Waals surface area (Å²) in [6, 6.07) is 7.81. The van der Waals surface area contributed by atoms with Crippen molar-refractivity contribution in [3.8, 4) is 29.0 Å². The van der Waals surface area contributed by atoms with Crippen LogP contribution in [0.1, 0.15) is 57.2 Å². The summed E-state index contributed by atoms with van der Waals surface area (Å²) < 4.78 is 45.5. The van der Waals surface area contributed by atoms with E-state index in [4.69, 9.17) is 42.5 Å². The maximum Gasteiger partial charge on any atom is 0.319 e. The van der Waals surface area contributed by atoms with E-state index in [9.17, 15) is 5.26 Å². The highest BCUT2D eigenvalue weighted by Crippen LogP contribution is 2.52. The Hall–Kier alpha value is -4.51. The molecule has 2 aliphatic rings. The first-order valence-electron chi connectivity index (χ1n) is 16.2. The van der Waals surface area contributed by atoms with E-state index in [-0.39, 0.29) is 90.3 Å². The fraction of sp³-hybridized carbons (Fsp3) is 0.371. The Balaban J connectivity index is 1.52. The van der Waals surface area contributed by atoms with Gasteiger partial charge >= 0.3 is 6.01 Å². The number of pyridine rings is 1. The second kappa shape index (κ2) is 12.7. The van der Waals surface area contributed by atoms with Crippen LogP contribution in [0.3, 0.4) is 0 Å². The van der Waals surface area contributed by atoms with Gasteiger partial charge in [0.2, 0.25) is 0 Å². The van der Waals surface area contributed by atoms with Gasteiger partial charge in [0.25, 0.3) is 0 Å². The first-order chi connectivity index (χ1) is 23.5. The molecule has 0 amide bonds. The Bertz CT molecular complexity index is 2160. The number of anilines is 3. The van der Waals surface area contributed by atoms with Crippen LogP contribution in [0.25, 0.3) is 32.1 Å². The SMILES string of the molecule is CCC(Oc1nc2c3c(c(Cl)c(-c4ccc(F)c5sc(N)c(C#N)c45)c(F)c3n1)OC[C@H](C)N2[C@H](C)c1cccnc1N)[C@H]1CCCN1C. The van der Waals surface area contributed by atoms with Crippen LogP contribution in [0.15, 0.2) is 30.5 Å². The third kappa shape index (κ3) is 5.33. The van der Waals surface area contributed by atoms with Crippen LogP contribution in [-0.2, 0) is 0 Å². The molecule has 0 spiro atoms. The summed E-state index contributed by atoms with van der Waals surface area (Å²) in [4.78, 5) is 18.2. The van der Waals surface area contributed by atoms with E-state index in [0.717, 1.165) is 36.3 Å². The first-order valence-corrected chi connectivity index (χ1v) is 17.4. The number of hydrogen-bond donors (Lipinski definition) is 2. The van der Waals surface area contributed by atoms with Crippen LogP contribution in [0.5, 0.6) is 11.8 Å². The summed E-state index contributed by atoms with van der Waals surface area (Å²) >= 11 is 8.02. The van der Waals surface area contributed by atoms with Gasteiger partial charge in [0.15, 0.2) is 11.6 Å². The van der Waals surface area contributed by atoms with E-state index >= 15 is 8.78 Å². The summed E-state index contributed by atoms with van der Waals surface area (Å²) in [5.74, 6) is -0.500. The number of likely N-dealkylation sites (tertiary alicyclic amines) is 1. The van der Waals surface area contributed by atoms with Gasteiger partial charge in [0.1, 0.15) is 46.8 Å². The highest BCUT2D eigenvalue weighted by Gasteiger charge is 2.37. The maximum atomic E-state index is 17.4. The van der Waals surface area contributed by atoms with Gasteiger partial charge in [-0.1, -0.05) is 30.7 Å². The van der Waals surface area contributed by atoms with E-state index in [1.807, 2.05) is 37.8 Å². The number of rotatable bonds is 7. The van der Waals surface area contributed by atoms with Gasteiger partial charge in [-0.05, 0) is 64.4 Å². The molecule has 0 saturated carbocycles. The highest BCUT2D eigenvalue weighted by atomic mass is 35.5. The molecule has 0 bridgehead atoms. The molecule has 1 saturated heterocycles. The number of nitriles is 1. The lowest BCUT2D eigenvalue weighted by atomic mass is 9.96. The molecule has 0 aliphatic carbocycles. The van der Waals surface area contributed by atoms with Crippen LogP contribution in [0, 0.1) is 23.0 Å². The standard InChI is InChI=1S/C35H35ClF2N8O2S/c1-5-23(22-9-7-13-45(22)4)48-35-43-29-26-30(47-15-16(2)46(34(26)44-35)17(3)18-8-6-12-42-32(18)40)27(36)25(28(29)38)19-10-11-21(37)31-24(19)20(14-39)33(41)49-31/h6,8,10-12,16-17,22-23H,5,7,9,13,15,41H2,1-4H3,(H2,40,42)/t16-,17+,22+,23?/m0/s1. The Labute approximate surface area is 291 Å². The Morgan fingerprint density at radius 3 is 2.71 bits per heavy atom. The predicted octanol–water partition coefficient (Wildman–Crippen LogP) is 7.47. The predicted molar refractivity (Wildman–Crippen MR) is 189 cm³/mol. The van der Waals surface area contributed by atoms with Gasteiger partial charge in [-0.2, -0.15) is 15.2 Å². The van der Waals surface area contributed by atoms with Crippen molar-refractivity contribution in [2.75, 3.05) is 36.6 Å². The van der Waals surface area contributed by atoms with Crippen LogP contribution >= 0.6 is 22.9 Å². The lowest BCUT2D eigenvalue weighted by molar-refractivity contribution is 0.0947. The number of nitrogen functional groups attached to an aromatic ring is 2. The molecule has 49 heavy (non-hydrogen) atoms. The Kier molecular flexibility index (Phi) is 8.59. The van der Waals surface area contributed by atoms with Crippen molar-refractivity contribution in [1.29, 1.82) is 5.26 Å². The molecule has 3 aromatic heterocycles. The summed E-state index contributed by atoms with van der Waals surface area (Å²) in [6.07, 6.45) is 4.04. The molecule has 2 aliphatic heterocycles. The number of benzene rings is 2. The fourth-order valence-electron chi connectivity index (χ4n) is 7.32. The van der Waals surface area contributed by atoms with Crippen molar-refractivity contribution < 1.29 is 18.3 Å². The molecule has 2 aromatic carbocycles. The zero-order chi connectivity index (χ0) is 34.7. The number of ether oxygens (including phenoxy) is 2. The van der Waals surface area contributed by atoms with Gasteiger partial charge in [0, 0.05) is 28.8 Å². The minimum absolute atomic E-state index is 0.0000224. The molecular weight excluding hydrogens is 670 g/mol.